The summed E-state index contributed by atoms with van der Waals surface area (Å²) in [6.45, 7) is 1.81. The normalized spacial score (nSPS) is 10.7. The van der Waals surface area contributed by atoms with E-state index in [0.717, 1.165) is 17.3 Å². The third kappa shape index (κ3) is 4.02. The van der Waals surface area contributed by atoms with E-state index in [0.29, 0.717) is 26.8 Å². The number of nitrogens with zero attached hydrogens (tertiary/aromatic N) is 2. The molecule has 0 aliphatic carbocycles. The number of hydrogen-bond donors (Lipinski definition) is 2. The molecule has 0 bridgehead atoms. The van der Waals surface area contributed by atoms with E-state index in [1.807, 2.05) is 6.92 Å². The van der Waals surface area contributed by atoms with Gasteiger partial charge in [-0.1, -0.05) is 41.6 Å². The van der Waals surface area contributed by atoms with Crippen molar-refractivity contribution in [3.8, 4) is 5.69 Å². The average Bonchev–Trinajstić information content (AvgIpc) is 2.69. The molecule has 0 aliphatic rings. The SMILES string of the molecule is CNC(=O)NC(=O)CSc1nc2ccccc2c(=O)n1-c1cccc(Cl)c1C. The molecule has 0 aliphatic heterocycles. The number of urea groups is 1. The summed E-state index contributed by atoms with van der Waals surface area (Å²) in [6, 6.07) is 11.7. The van der Waals surface area contributed by atoms with E-state index in [4.69, 9.17) is 11.6 Å². The van der Waals surface area contributed by atoms with Crippen molar-refractivity contribution in [3.05, 3.63) is 63.4 Å². The molecule has 0 saturated carbocycles. The Morgan fingerprint density at radius 3 is 2.68 bits per heavy atom. The van der Waals surface area contributed by atoms with Gasteiger partial charge in [-0.15, -0.1) is 0 Å². The summed E-state index contributed by atoms with van der Waals surface area (Å²) in [4.78, 5) is 41.0. The van der Waals surface area contributed by atoms with Gasteiger partial charge in [0.2, 0.25) is 5.91 Å². The molecule has 0 radical (unpaired) electrons. The first-order valence-electron chi connectivity index (χ1n) is 8.34. The number of halogens is 1. The molecule has 1 aromatic heterocycles. The maximum atomic E-state index is 13.2. The molecule has 28 heavy (non-hydrogen) atoms. The second kappa shape index (κ2) is 8.45. The highest BCUT2D eigenvalue weighted by molar-refractivity contribution is 7.99. The van der Waals surface area contributed by atoms with Gasteiger partial charge in [-0.3, -0.25) is 19.5 Å². The summed E-state index contributed by atoms with van der Waals surface area (Å²) < 4.78 is 1.45. The topological polar surface area (TPSA) is 93.1 Å². The Balaban J connectivity index is 2.10. The molecule has 0 saturated heterocycles. The minimum Gasteiger partial charge on any atom is -0.341 e. The van der Waals surface area contributed by atoms with Crippen LogP contribution in [-0.4, -0.2) is 34.3 Å². The van der Waals surface area contributed by atoms with Crippen molar-refractivity contribution in [2.24, 2.45) is 0 Å². The van der Waals surface area contributed by atoms with Crippen LogP contribution in [0.15, 0.2) is 52.4 Å². The van der Waals surface area contributed by atoms with E-state index in [-0.39, 0.29) is 11.3 Å². The zero-order chi connectivity index (χ0) is 20.3. The van der Waals surface area contributed by atoms with E-state index >= 15 is 0 Å². The van der Waals surface area contributed by atoms with Crippen molar-refractivity contribution in [2.75, 3.05) is 12.8 Å². The van der Waals surface area contributed by atoms with Crippen molar-refractivity contribution in [2.45, 2.75) is 12.1 Å². The molecule has 3 amide bonds. The third-order valence-electron chi connectivity index (χ3n) is 4.04. The van der Waals surface area contributed by atoms with Crippen molar-refractivity contribution >= 4 is 46.2 Å². The summed E-state index contributed by atoms with van der Waals surface area (Å²) in [6.07, 6.45) is 0. The highest BCUT2D eigenvalue weighted by Gasteiger charge is 2.17. The lowest BCUT2D eigenvalue weighted by Gasteiger charge is -2.15. The number of imide groups is 1. The number of carbonyl (C=O) groups is 2. The molecule has 7 nitrogen and oxygen atoms in total. The lowest BCUT2D eigenvalue weighted by atomic mass is 10.2. The third-order valence-corrected chi connectivity index (χ3v) is 5.39. The van der Waals surface area contributed by atoms with Crippen LogP contribution < -0.4 is 16.2 Å². The number of benzene rings is 2. The predicted molar refractivity (Wildman–Crippen MR) is 110 cm³/mol. The molecule has 3 rings (SSSR count). The summed E-state index contributed by atoms with van der Waals surface area (Å²) in [7, 11) is 1.42. The van der Waals surface area contributed by atoms with Gasteiger partial charge in [0.25, 0.3) is 5.56 Å². The fourth-order valence-electron chi connectivity index (χ4n) is 2.62. The fraction of sp³-hybridized carbons (Fsp3) is 0.158. The Morgan fingerprint density at radius 1 is 1.18 bits per heavy atom. The number of thioether (sulfide) groups is 1. The monoisotopic (exact) mass is 416 g/mol. The quantitative estimate of drug-likeness (QED) is 0.504. The lowest BCUT2D eigenvalue weighted by molar-refractivity contribution is -0.117. The lowest BCUT2D eigenvalue weighted by Crippen LogP contribution is -2.38. The molecule has 0 atom stereocenters. The van der Waals surface area contributed by atoms with Crippen molar-refractivity contribution in [1.29, 1.82) is 0 Å². The molecule has 3 aromatic rings. The number of fused-ring (bicyclic) bond motifs is 1. The Hall–Kier alpha value is -2.84. The number of amides is 3. The highest BCUT2D eigenvalue weighted by Crippen LogP contribution is 2.26. The Bertz CT molecular complexity index is 1130. The van der Waals surface area contributed by atoms with E-state index in [1.165, 1.54) is 11.6 Å². The number of nitrogens with one attached hydrogen (secondary N) is 2. The molecule has 2 N–H and O–H groups in total. The molecular weight excluding hydrogens is 400 g/mol. The average molecular weight is 417 g/mol. The molecule has 0 fully saturated rings. The standard InChI is InChI=1S/C19H17ClN4O3S/c1-11-13(20)7-5-9-15(11)24-17(26)12-6-3-4-8-14(12)22-19(24)28-10-16(25)23-18(27)21-2/h3-9H,10H2,1-2H3,(H2,21,23,25,27). The van der Waals surface area contributed by atoms with Gasteiger partial charge in [-0.05, 0) is 36.8 Å². The first kappa shape index (κ1) is 19.9. The molecule has 2 aromatic carbocycles. The molecular formula is C19H17ClN4O3S. The molecule has 1 heterocycles. The fourth-order valence-corrected chi connectivity index (χ4v) is 3.59. The number of carbonyl (C=O) groups excluding carboxylic acids is 2. The van der Waals surface area contributed by atoms with Crippen molar-refractivity contribution in [3.63, 3.8) is 0 Å². The first-order valence-corrected chi connectivity index (χ1v) is 9.70. The summed E-state index contributed by atoms with van der Waals surface area (Å²) in [5.74, 6) is -0.584. The second-order valence-corrected chi connectivity index (χ2v) is 7.20. The van der Waals surface area contributed by atoms with E-state index in [1.54, 1.807) is 42.5 Å². The molecule has 0 unspecified atom stereocenters. The van der Waals surface area contributed by atoms with Crippen LogP contribution >= 0.6 is 23.4 Å². The van der Waals surface area contributed by atoms with E-state index in [9.17, 15) is 14.4 Å². The van der Waals surface area contributed by atoms with Gasteiger partial charge in [0.1, 0.15) is 0 Å². The Kier molecular flexibility index (Phi) is 6.01. The maximum Gasteiger partial charge on any atom is 0.321 e. The van der Waals surface area contributed by atoms with Crippen LogP contribution in [0, 0.1) is 6.92 Å². The Morgan fingerprint density at radius 2 is 1.93 bits per heavy atom. The van der Waals surface area contributed by atoms with E-state index < -0.39 is 11.9 Å². The zero-order valence-corrected chi connectivity index (χ0v) is 16.7. The predicted octanol–water partition coefficient (Wildman–Crippen LogP) is 2.90. The van der Waals surface area contributed by atoms with Crippen molar-refractivity contribution in [1.82, 2.24) is 20.2 Å². The van der Waals surface area contributed by atoms with Gasteiger partial charge in [0.15, 0.2) is 5.16 Å². The largest absolute Gasteiger partial charge is 0.341 e. The first-order chi connectivity index (χ1) is 13.4. The van der Waals surface area contributed by atoms with Gasteiger partial charge in [0.05, 0.1) is 22.3 Å². The smallest absolute Gasteiger partial charge is 0.321 e. The van der Waals surface area contributed by atoms with Gasteiger partial charge in [-0.25, -0.2) is 9.78 Å². The second-order valence-electron chi connectivity index (χ2n) is 5.85. The summed E-state index contributed by atoms with van der Waals surface area (Å²) in [5.41, 5.74) is 1.58. The van der Waals surface area contributed by atoms with Crippen molar-refractivity contribution < 1.29 is 9.59 Å². The van der Waals surface area contributed by atoms with Gasteiger partial charge in [-0.2, -0.15) is 0 Å². The molecule has 0 spiro atoms. The zero-order valence-electron chi connectivity index (χ0n) is 15.2. The minimum absolute atomic E-state index is 0.0855. The van der Waals surface area contributed by atoms with Crippen LogP contribution in [0.4, 0.5) is 4.79 Å². The minimum atomic E-state index is -0.597. The van der Waals surface area contributed by atoms with Gasteiger partial charge < -0.3 is 5.32 Å². The summed E-state index contributed by atoms with van der Waals surface area (Å²) >= 11 is 7.30. The van der Waals surface area contributed by atoms with Crippen LogP contribution in [0.25, 0.3) is 16.6 Å². The number of hydrogen-bond acceptors (Lipinski definition) is 5. The number of para-hydroxylation sites is 1. The molecule has 144 valence electrons. The van der Waals surface area contributed by atoms with Crippen LogP contribution in [-0.2, 0) is 4.79 Å². The van der Waals surface area contributed by atoms with Gasteiger partial charge >= 0.3 is 6.03 Å². The highest BCUT2D eigenvalue weighted by atomic mass is 35.5. The van der Waals surface area contributed by atoms with E-state index in [2.05, 4.69) is 15.6 Å². The van der Waals surface area contributed by atoms with Gasteiger partial charge in [0, 0.05) is 12.1 Å². The Labute approximate surface area is 170 Å². The number of aromatic nitrogens is 2. The van der Waals surface area contributed by atoms with Crippen LogP contribution in [0.3, 0.4) is 0 Å². The van der Waals surface area contributed by atoms with Crippen LogP contribution in [0.2, 0.25) is 5.02 Å². The number of rotatable bonds is 4. The van der Waals surface area contributed by atoms with Crippen LogP contribution in [0.1, 0.15) is 5.56 Å². The molecule has 9 heteroatoms. The van der Waals surface area contributed by atoms with Crippen LogP contribution in [0.5, 0.6) is 0 Å². The summed E-state index contributed by atoms with van der Waals surface area (Å²) in [5, 5.41) is 5.81. The maximum absolute atomic E-state index is 13.2.